The number of hydrogen-bond donors (Lipinski definition) is 2. The van der Waals surface area contributed by atoms with Gasteiger partial charge in [-0.25, -0.2) is 5.84 Å². The molecule has 1 unspecified atom stereocenters. The lowest BCUT2D eigenvalue weighted by Gasteiger charge is -2.23. The fraction of sp³-hybridized carbons (Fsp3) is 0.917. The van der Waals surface area contributed by atoms with Gasteiger partial charge in [0.05, 0.1) is 0 Å². The zero-order valence-electron chi connectivity index (χ0n) is 10.9. The zero-order chi connectivity index (χ0) is 11.9. The van der Waals surface area contributed by atoms with E-state index in [1.165, 1.54) is 6.42 Å². The fourth-order valence-corrected chi connectivity index (χ4v) is 1.86. The van der Waals surface area contributed by atoms with Gasteiger partial charge in [0, 0.05) is 13.0 Å². The first kappa shape index (κ1) is 14.4. The van der Waals surface area contributed by atoms with Crippen LogP contribution in [0, 0.1) is 11.3 Å². The van der Waals surface area contributed by atoms with Crippen LogP contribution in [0.15, 0.2) is 4.99 Å². The highest BCUT2D eigenvalue weighted by atomic mass is 15.2. The van der Waals surface area contributed by atoms with Gasteiger partial charge in [-0.1, -0.05) is 34.6 Å². The molecular formula is C12H27N3. The first-order valence-electron chi connectivity index (χ1n) is 5.89. The van der Waals surface area contributed by atoms with Crippen molar-refractivity contribution in [2.45, 2.75) is 53.9 Å². The standard InChI is InChI=1S/C12H27N3/c1-6-7-14-11(15-13)8-10(2)9-12(3,4)5/h10H,6-9,13H2,1-5H3,(H,14,15). The summed E-state index contributed by atoms with van der Waals surface area (Å²) in [6.07, 6.45) is 3.21. The van der Waals surface area contributed by atoms with Gasteiger partial charge in [0.15, 0.2) is 0 Å². The summed E-state index contributed by atoms with van der Waals surface area (Å²) in [6, 6.07) is 0. The maximum absolute atomic E-state index is 5.44. The van der Waals surface area contributed by atoms with E-state index in [1.807, 2.05) is 0 Å². The lowest BCUT2D eigenvalue weighted by atomic mass is 9.84. The van der Waals surface area contributed by atoms with Crippen molar-refractivity contribution >= 4 is 5.84 Å². The molecule has 0 spiro atoms. The van der Waals surface area contributed by atoms with Crippen molar-refractivity contribution in [3.05, 3.63) is 0 Å². The molecule has 0 saturated heterocycles. The Hall–Kier alpha value is -0.570. The van der Waals surface area contributed by atoms with E-state index in [9.17, 15) is 0 Å². The van der Waals surface area contributed by atoms with Crippen molar-refractivity contribution in [2.75, 3.05) is 6.54 Å². The summed E-state index contributed by atoms with van der Waals surface area (Å²) in [7, 11) is 0. The molecule has 0 aromatic carbocycles. The summed E-state index contributed by atoms with van der Waals surface area (Å²) in [4.78, 5) is 4.41. The van der Waals surface area contributed by atoms with Gasteiger partial charge < -0.3 is 5.43 Å². The molecule has 0 rings (SSSR count). The van der Waals surface area contributed by atoms with Crippen molar-refractivity contribution in [3.63, 3.8) is 0 Å². The normalized spacial score (nSPS) is 15.2. The van der Waals surface area contributed by atoms with Crippen LogP contribution < -0.4 is 11.3 Å². The number of nitrogens with two attached hydrogens (primary N) is 1. The smallest absolute Gasteiger partial charge is 0.110 e. The minimum Gasteiger partial charge on any atom is -0.312 e. The van der Waals surface area contributed by atoms with Crippen molar-refractivity contribution in [2.24, 2.45) is 22.2 Å². The molecule has 90 valence electrons. The Bertz CT molecular complexity index is 192. The second-order valence-electron chi connectivity index (χ2n) is 5.55. The Labute approximate surface area is 94.5 Å². The molecular weight excluding hydrogens is 186 g/mol. The number of aliphatic imine (C=N–C) groups is 1. The molecule has 0 heterocycles. The largest absolute Gasteiger partial charge is 0.312 e. The quantitative estimate of drug-likeness (QED) is 0.319. The molecule has 1 atom stereocenters. The van der Waals surface area contributed by atoms with E-state index in [4.69, 9.17) is 5.84 Å². The lowest BCUT2D eigenvalue weighted by Crippen LogP contribution is -2.32. The van der Waals surface area contributed by atoms with Crippen LogP contribution in [-0.2, 0) is 0 Å². The van der Waals surface area contributed by atoms with E-state index in [2.05, 4.69) is 45.0 Å². The van der Waals surface area contributed by atoms with Gasteiger partial charge >= 0.3 is 0 Å². The third-order valence-corrected chi connectivity index (χ3v) is 2.20. The molecule has 0 aliphatic heterocycles. The molecule has 0 bridgehead atoms. The Morgan fingerprint density at radius 2 is 2.00 bits per heavy atom. The molecule has 0 aromatic heterocycles. The maximum Gasteiger partial charge on any atom is 0.110 e. The molecule has 0 aliphatic rings. The van der Waals surface area contributed by atoms with E-state index in [1.54, 1.807) is 0 Å². The Morgan fingerprint density at radius 3 is 2.40 bits per heavy atom. The second kappa shape index (κ2) is 6.83. The molecule has 0 aromatic rings. The van der Waals surface area contributed by atoms with Gasteiger partial charge in [-0.3, -0.25) is 4.99 Å². The van der Waals surface area contributed by atoms with Crippen molar-refractivity contribution in [3.8, 4) is 0 Å². The van der Waals surface area contributed by atoms with Crippen LogP contribution in [0.3, 0.4) is 0 Å². The van der Waals surface area contributed by atoms with Crippen LogP contribution in [-0.4, -0.2) is 12.4 Å². The summed E-state index contributed by atoms with van der Waals surface area (Å²) in [5.41, 5.74) is 3.08. The van der Waals surface area contributed by atoms with Gasteiger partial charge in [0.1, 0.15) is 5.84 Å². The first-order valence-corrected chi connectivity index (χ1v) is 5.89. The molecule has 0 saturated carbocycles. The number of rotatable bonds is 5. The monoisotopic (exact) mass is 213 g/mol. The van der Waals surface area contributed by atoms with Crippen LogP contribution in [0.2, 0.25) is 0 Å². The minimum absolute atomic E-state index is 0.379. The van der Waals surface area contributed by atoms with Gasteiger partial charge in [-0.05, 0) is 24.2 Å². The average Bonchev–Trinajstić information content (AvgIpc) is 2.09. The third kappa shape index (κ3) is 8.43. The molecule has 3 heteroatoms. The van der Waals surface area contributed by atoms with E-state index in [0.717, 1.165) is 25.2 Å². The second-order valence-corrected chi connectivity index (χ2v) is 5.55. The van der Waals surface area contributed by atoms with E-state index in [-0.39, 0.29) is 0 Å². The fourth-order valence-electron chi connectivity index (χ4n) is 1.86. The molecule has 3 N–H and O–H groups in total. The van der Waals surface area contributed by atoms with Gasteiger partial charge in [-0.15, -0.1) is 0 Å². The minimum atomic E-state index is 0.379. The van der Waals surface area contributed by atoms with Crippen LogP contribution in [0.25, 0.3) is 0 Å². The average molecular weight is 213 g/mol. The van der Waals surface area contributed by atoms with Crippen molar-refractivity contribution < 1.29 is 0 Å². The van der Waals surface area contributed by atoms with E-state index in [0.29, 0.717) is 11.3 Å². The maximum atomic E-state index is 5.44. The first-order chi connectivity index (χ1) is 6.89. The molecule has 3 nitrogen and oxygen atoms in total. The van der Waals surface area contributed by atoms with Crippen LogP contribution in [0.4, 0.5) is 0 Å². The van der Waals surface area contributed by atoms with E-state index < -0.39 is 0 Å². The third-order valence-electron chi connectivity index (χ3n) is 2.20. The Balaban J connectivity index is 4.07. The predicted molar refractivity (Wildman–Crippen MR) is 67.8 cm³/mol. The summed E-state index contributed by atoms with van der Waals surface area (Å²) in [5, 5.41) is 0. The highest BCUT2D eigenvalue weighted by Crippen LogP contribution is 2.25. The van der Waals surface area contributed by atoms with E-state index >= 15 is 0 Å². The summed E-state index contributed by atoms with van der Waals surface area (Å²) >= 11 is 0. The molecule has 0 amide bonds. The highest BCUT2D eigenvalue weighted by Gasteiger charge is 2.16. The lowest BCUT2D eigenvalue weighted by molar-refractivity contribution is 0.311. The molecule has 0 fully saturated rings. The van der Waals surface area contributed by atoms with Gasteiger partial charge in [0.25, 0.3) is 0 Å². The van der Waals surface area contributed by atoms with Crippen LogP contribution >= 0.6 is 0 Å². The molecule has 0 aliphatic carbocycles. The predicted octanol–water partition coefficient (Wildman–Crippen LogP) is 2.72. The Kier molecular flexibility index (Phi) is 6.57. The van der Waals surface area contributed by atoms with Crippen molar-refractivity contribution in [1.82, 2.24) is 5.43 Å². The molecule has 0 radical (unpaired) electrons. The number of nitrogens with zero attached hydrogens (tertiary/aromatic N) is 1. The molecule has 15 heavy (non-hydrogen) atoms. The van der Waals surface area contributed by atoms with Crippen LogP contribution in [0.1, 0.15) is 53.9 Å². The highest BCUT2D eigenvalue weighted by molar-refractivity contribution is 5.81. The summed E-state index contributed by atoms with van der Waals surface area (Å²) in [6.45, 7) is 12.0. The Morgan fingerprint density at radius 1 is 1.40 bits per heavy atom. The topological polar surface area (TPSA) is 50.4 Å². The number of hydrogen-bond acceptors (Lipinski definition) is 2. The number of nitrogens with one attached hydrogen (secondary N) is 1. The zero-order valence-corrected chi connectivity index (χ0v) is 10.9. The number of hydrazine groups is 1. The number of amidine groups is 1. The van der Waals surface area contributed by atoms with Crippen LogP contribution in [0.5, 0.6) is 0 Å². The van der Waals surface area contributed by atoms with Crippen molar-refractivity contribution in [1.29, 1.82) is 0 Å². The van der Waals surface area contributed by atoms with Gasteiger partial charge in [0.2, 0.25) is 0 Å². The summed E-state index contributed by atoms with van der Waals surface area (Å²) in [5.74, 6) is 7.01. The summed E-state index contributed by atoms with van der Waals surface area (Å²) < 4.78 is 0. The van der Waals surface area contributed by atoms with Gasteiger partial charge in [-0.2, -0.15) is 0 Å². The SMILES string of the molecule is CCCN=C(CC(C)CC(C)(C)C)NN.